The lowest BCUT2D eigenvalue weighted by Crippen LogP contribution is -2.60. The molecule has 2 aromatic carbocycles. The molecular weight excluding hydrogens is 1080 g/mol. The Morgan fingerprint density at radius 3 is 2.59 bits per heavy atom. The van der Waals surface area contributed by atoms with Crippen molar-refractivity contribution in [3.8, 4) is 47.0 Å². The van der Waals surface area contributed by atoms with Crippen molar-refractivity contribution < 1.29 is 44.2 Å². The number of aliphatic hydroxyl groups excluding tert-OH is 2. The normalized spacial score (nSPS) is 42.5. The number of aliphatic imine (C=N–C) groups is 1. The maximum Gasteiger partial charge on any atom is 0.207 e. The number of rotatable bonds is 10. The summed E-state index contributed by atoms with van der Waals surface area (Å²) in [6, 6.07) is 13.6. The number of carbonyl (C=O) groups excluding carboxylic acids is 1. The van der Waals surface area contributed by atoms with Gasteiger partial charge in [0.15, 0.2) is 28.8 Å². The lowest BCUT2D eigenvalue weighted by atomic mass is 9.42. The molecule has 13 heteroatoms. The Hall–Kier alpha value is -5.02. The number of anilines is 1. The summed E-state index contributed by atoms with van der Waals surface area (Å²) in [6.07, 6.45) is 34.9. The number of ether oxygens (including phenoxy) is 4. The molecular formula is C73H96N4O9. The minimum absolute atomic E-state index is 0.00663. The first-order chi connectivity index (χ1) is 41.8. The van der Waals surface area contributed by atoms with E-state index in [2.05, 4.69) is 83.3 Å². The second kappa shape index (κ2) is 22.8. The van der Waals surface area contributed by atoms with E-state index in [0.717, 1.165) is 95.5 Å². The lowest BCUT2D eigenvalue weighted by Gasteiger charge is -2.62. The fraction of sp³-hybridized carbons (Fsp3) is 0.699. The predicted molar refractivity (Wildman–Crippen MR) is 332 cm³/mol. The maximum absolute atomic E-state index is 16.2. The second-order valence-electron chi connectivity index (χ2n) is 29.9. The van der Waals surface area contributed by atoms with Crippen molar-refractivity contribution in [2.45, 2.75) is 184 Å². The average Bonchev–Trinajstić information content (AvgIpc) is 1.45. The Morgan fingerprint density at radius 2 is 1.79 bits per heavy atom. The van der Waals surface area contributed by atoms with E-state index in [1.54, 1.807) is 20.2 Å². The van der Waals surface area contributed by atoms with Gasteiger partial charge in [0.2, 0.25) is 11.7 Å². The summed E-state index contributed by atoms with van der Waals surface area (Å²) < 4.78 is 27.8. The summed E-state index contributed by atoms with van der Waals surface area (Å²) in [6.45, 7) is 3.18. The van der Waals surface area contributed by atoms with Gasteiger partial charge in [0.1, 0.15) is 11.7 Å². The van der Waals surface area contributed by atoms with Crippen LogP contribution in [0.1, 0.15) is 166 Å². The van der Waals surface area contributed by atoms with Gasteiger partial charge in [-0.25, -0.2) is 0 Å². The van der Waals surface area contributed by atoms with E-state index >= 15 is 4.79 Å². The van der Waals surface area contributed by atoms with Crippen molar-refractivity contribution in [1.82, 2.24) is 10.6 Å². The van der Waals surface area contributed by atoms with Gasteiger partial charge in [0, 0.05) is 74.3 Å². The van der Waals surface area contributed by atoms with E-state index in [4.69, 9.17) is 23.9 Å². The van der Waals surface area contributed by atoms with Crippen molar-refractivity contribution >= 4 is 17.4 Å². The molecule has 7 N–H and O–H groups in total. The fourth-order valence-corrected chi connectivity index (χ4v) is 22.9. The highest BCUT2D eigenvalue weighted by molar-refractivity contribution is 5.97. The number of benzene rings is 2. The highest BCUT2D eigenvalue weighted by Crippen LogP contribution is 2.75. The van der Waals surface area contributed by atoms with E-state index in [-0.39, 0.29) is 89.0 Å². The fourth-order valence-electron chi connectivity index (χ4n) is 22.9. The molecule has 86 heavy (non-hydrogen) atoms. The number of allylic oxidation sites excluding steroid dienone is 4. The molecule has 0 radical (unpaired) electrons. The van der Waals surface area contributed by atoms with Gasteiger partial charge in [0.25, 0.3) is 0 Å². The van der Waals surface area contributed by atoms with Crippen molar-refractivity contribution in [1.29, 1.82) is 0 Å². The summed E-state index contributed by atoms with van der Waals surface area (Å²) in [5.74, 6) is 10.5. The smallest absolute Gasteiger partial charge is 0.207 e. The van der Waals surface area contributed by atoms with Crippen LogP contribution in [0.25, 0.3) is 0 Å². The molecule has 2 aromatic rings. The number of likely N-dealkylation sites (N-methyl/N-ethyl adjacent to an activating group) is 1. The van der Waals surface area contributed by atoms with Crippen LogP contribution in [0.3, 0.4) is 0 Å². The van der Waals surface area contributed by atoms with Gasteiger partial charge in [-0.15, -0.1) is 0 Å². The van der Waals surface area contributed by atoms with Gasteiger partial charge < -0.3 is 50.0 Å². The van der Waals surface area contributed by atoms with E-state index < -0.39 is 22.2 Å². The lowest BCUT2D eigenvalue weighted by molar-refractivity contribution is -0.335. The number of phenols is 1. The van der Waals surface area contributed by atoms with Crippen molar-refractivity contribution in [3.63, 3.8) is 0 Å². The molecule has 8 saturated carbocycles. The molecule has 19 atom stereocenters. The van der Waals surface area contributed by atoms with Gasteiger partial charge in [0.05, 0.1) is 18.9 Å². The number of hydrogen-bond donors (Lipinski definition) is 7. The SMILES string of the molecule is CCC1CCC2C(C1)C1C=CC(=O)C3(Cc4ccc(O)c(OC)c4)CCCC3CC#CNC(=NC)Nc3cc(cc4c3OC#CC3C=CC5CC6(CC(CNC)(CC36)O4)CC3(O)OC4C(CO)CCC4CC53)C13CCC1(CCCC1)C3C2CCCO. The van der Waals surface area contributed by atoms with Crippen molar-refractivity contribution in [2.75, 3.05) is 46.3 Å². The largest absolute Gasteiger partial charge is 0.504 e. The summed E-state index contributed by atoms with van der Waals surface area (Å²) in [4.78, 5) is 21.0. The van der Waals surface area contributed by atoms with E-state index in [0.29, 0.717) is 90.7 Å². The molecule has 462 valence electrons. The molecule has 14 rings (SSSR count). The first kappa shape index (κ1) is 58.7. The van der Waals surface area contributed by atoms with Crippen LogP contribution in [0.2, 0.25) is 0 Å². The number of hydrogen-bond acceptors (Lipinski definition) is 11. The molecule has 19 unspecified atom stereocenters. The van der Waals surface area contributed by atoms with Gasteiger partial charge in [-0.3, -0.25) is 15.1 Å². The highest BCUT2D eigenvalue weighted by atomic mass is 16.6. The third kappa shape index (κ3) is 9.49. The number of aromatic hydroxyl groups is 1. The Kier molecular flexibility index (Phi) is 15.5. The second-order valence-corrected chi connectivity index (χ2v) is 29.9. The van der Waals surface area contributed by atoms with Crippen LogP contribution in [0, 0.1) is 117 Å². The molecule has 3 spiro atoms. The molecule has 9 fully saturated rings. The molecule has 3 aliphatic heterocycles. The summed E-state index contributed by atoms with van der Waals surface area (Å²) in [5, 5.41) is 56.2. The summed E-state index contributed by atoms with van der Waals surface area (Å²) >= 11 is 0. The standard InChI is InChI=1S/C73H96N4O9/c1-5-45-14-20-53-54(13-10-31-78)66-68(25-6-7-26-68)28-29-72(66)52-36-59(77-67(75-3)76-30-9-12-51-11-8-27-71(51,63(81)23-21-56(72)55(53)33-45)38-46-15-22-60(80)61(34-46)83-4)65-62(37-52)85-70(44-74-2)40-58-47(24-32-84-65)16-18-49-39-69(58,42-70)43-73(82)57(49)35-48-17-19-50(41-79)64(48)86-73/h15-16,18,21-23,34,36-37,45,47-51,53-58,64,66,74,78-80,82H,5-8,10-14,17,19-20,25-29,31,33,35,38-44H2,1-4H3,(H2,75,76,77). The van der Waals surface area contributed by atoms with Crippen LogP contribution in [-0.4, -0.2) is 90.6 Å². The molecule has 13 nitrogen and oxygen atoms in total. The zero-order chi connectivity index (χ0) is 59.2. The Bertz CT molecular complexity index is 3150. The molecule has 9 aliphatic carbocycles. The highest BCUT2D eigenvalue weighted by Gasteiger charge is 2.70. The first-order valence-electron chi connectivity index (χ1n) is 33.8. The number of phenolic OH excluding ortho intramolecular Hbond substituents is 1. The molecule has 6 bridgehead atoms. The third-order valence-corrected chi connectivity index (χ3v) is 26.1. The number of methoxy groups -OCH3 is 1. The minimum atomic E-state index is -1.34. The van der Waals surface area contributed by atoms with Crippen molar-refractivity contribution in [2.24, 2.45) is 98.2 Å². The van der Waals surface area contributed by atoms with Crippen molar-refractivity contribution in [3.05, 3.63) is 65.8 Å². The van der Waals surface area contributed by atoms with E-state index in [1.807, 2.05) is 19.2 Å². The van der Waals surface area contributed by atoms with Crippen LogP contribution < -0.4 is 30.2 Å². The average molecular weight is 1170 g/mol. The predicted octanol–water partition coefficient (Wildman–Crippen LogP) is 11.4. The third-order valence-electron chi connectivity index (χ3n) is 26.1. The van der Waals surface area contributed by atoms with Crippen LogP contribution in [0.4, 0.5) is 5.69 Å². The number of guanidine groups is 1. The quantitative estimate of drug-likeness (QED) is 0.0884. The minimum Gasteiger partial charge on any atom is -0.504 e. The number of nitrogens with zero attached hydrogens (tertiary/aromatic N) is 1. The van der Waals surface area contributed by atoms with Gasteiger partial charge in [-0.05, 0) is 228 Å². The van der Waals surface area contributed by atoms with Gasteiger partial charge in [-0.1, -0.05) is 75.2 Å². The van der Waals surface area contributed by atoms with Gasteiger partial charge in [-0.2, -0.15) is 0 Å². The number of ketones is 1. The Labute approximate surface area is 511 Å². The summed E-state index contributed by atoms with van der Waals surface area (Å²) in [5.41, 5.74) is 0.709. The first-order valence-corrected chi connectivity index (χ1v) is 33.8. The van der Waals surface area contributed by atoms with Crippen LogP contribution in [-0.2, 0) is 21.4 Å². The monoisotopic (exact) mass is 1170 g/mol. The molecule has 1 saturated heterocycles. The van der Waals surface area contributed by atoms with E-state index in [9.17, 15) is 20.4 Å². The molecule has 0 amide bonds. The molecule has 3 heterocycles. The molecule has 12 aliphatic rings. The molecule has 0 aromatic heterocycles. The number of fused-ring (bicyclic) bond motifs is 13. The number of nitrogens with one attached hydrogen (secondary N) is 3. The van der Waals surface area contributed by atoms with Crippen LogP contribution in [0.5, 0.6) is 23.0 Å². The number of carbonyl (C=O) groups is 1. The number of aliphatic hydroxyl groups is 3. The summed E-state index contributed by atoms with van der Waals surface area (Å²) in [7, 11) is 5.38. The Morgan fingerprint density at radius 1 is 0.919 bits per heavy atom. The Balaban J connectivity index is 0.961. The van der Waals surface area contributed by atoms with Gasteiger partial charge >= 0.3 is 0 Å². The van der Waals surface area contributed by atoms with E-state index in [1.165, 1.54) is 44.1 Å². The topological polar surface area (TPSA) is 183 Å². The zero-order valence-corrected chi connectivity index (χ0v) is 51.6. The van der Waals surface area contributed by atoms with Crippen LogP contribution >= 0.6 is 0 Å². The van der Waals surface area contributed by atoms with Crippen LogP contribution in [0.15, 0.2) is 59.6 Å². The zero-order valence-electron chi connectivity index (χ0n) is 51.6. The maximum atomic E-state index is 16.2.